The Morgan fingerprint density at radius 1 is 1.15 bits per heavy atom. The van der Waals surface area contributed by atoms with Crippen LogP contribution in [0.1, 0.15) is 15.9 Å². The monoisotopic (exact) mass is 431 g/mol. The van der Waals surface area contributed by atoms with Gasteiger partial charge in [0.15, 0.2) is 6.61 Å². The zero-order valence-electron chi connectivity index (χ0n) is 14.2. The first-order valence-electron chi connectivity index (χ1n) is 7.81. The quantitative estimate of drug-likeness (QED) is 0.377. The van der Waals surface area contributed by atoms with Gasteiger partial charge in [0.1, 0.15) is 22.6 Å². The highest BCUT2D eigenvalue weighted by Crippen LogP contribution is 2.26. The Morgan fingerprint density at radius 3 is 2.63 bits per heavy atom. The number of esters is 1. The molecule has 0 aliphatic rings. The van der Waals surface area contributed by atoms with Gasteiger partial charge in [-0.05, 0) is 58.7 Å². The van der Waals surface area contributed by atoms with Crippen LogP contribution in [0.4, 0.5) is 0 Å². The van der Waals surface area contributed by atoms with Gasteiger partial charge in [-0.3, -0.25) is 4.79 Å². The molecule has 1 heterocycles. The lowest BCUT2D eigenvalue weighted by Gasteiger charge is -2.09. The van der Waals surface area contributed by atoms with Gasteiger partial charge in [-0.15, -0.1) is 0 Å². The molecule has 1 aromatic heterocycles. The van der Waals surface area contributed by atoms with Crippen LogP contribution in [0, 0.1) is 6.92 Å². The largest absolute Gasteiger partial charge is 0.481 e. The van der Waals surface area contributed by atoms with Crippen LogP contribution in [0.5, 0.6) is 11.5 Å². The maximum atomic E-state index is 12.0. The van der Waals surface area contributed by atoms with Gasteiger partial charge in [0.25, 0.3) is 5.91 Å². The van der Waals surface area contributed by atoms with Crippen molar-refractivity contribution in [1.29, 1.82) is 0 Å². The molecule has 3 aromatic rings. The van der Waals surface area contributed by atoms with Crippen molar-refractivity contribution in [1.82, 2.24) is 0 Å². The van der Waals surface area contributed by atoms with Crippen molar-refractivity contribution in [2.24, 2.45) is 5.73 Å². The molecular formula is C19H14BrNO6. The number of benzene rings is 2. The summed E-state index contributed by atoms with van der Waals surface area (Å²) in [5.41, 5.74) is 5.23. The fraction of sp³-hybridized carbons (Fsp3) is 0.105. The van der Waals surface area contributed by atoms with Gasteiger partial charge in [0.2, 0.25) is 0 Å². The summed E-state index contributed by atoms with van der Waals surface area (Å²) >= 11 is 3.36. The van der Waals surface area contributed by atoms with Crippen LogP contribution in [0.2, 0.25) is 0 Å². The Balaban J connectivity index is 1.72. The first-order chi connectivity index (χ1) is 12.8. The molecule has 0 unspecified atom stereocenters. The molecule has 138 valence electrons. The summed E-state index contributed by atoms with van der Waals surface area (Å²) in [6.45, 7) is 1.64. The minimum absolute atomic E-state index is 0.164. The summed E-state index contributed by atoms with van der Waals surface area (Å²) in [5.74, 6) is -0.811. The molecule has 1 amide bonds. The predicted octanol–water partition coefficient (Wildman–Crippen LogP) is 2.95. The number of primary amides is 1. The molecule has 0 aliphatic heterocycles. The lowest BCUT2D eigenvalue weighted by Crippen LogP contribution is -2.20. The van der Waals surface area contributed by atoms with Crippen molar-refractivity contribution < 1.29 is 23.5 Å². The van der Waals surface area contributed by atoms with Gasteiger partial charge in [0.05, 0.1) is 4.47 Å². The second-order valence-electron chi connectivity index (χ2n) is 5.71. The summed E-state index contributed by atoms with van der Waals surface area (Å²) in [4.78, 5) is 34.9. The highest BCUT2D eigenvalue weighted by molar-refractivity contribution is 9.10. The molecule has 0 saturated heterocycles. The van der Waals surface area contributed by atoms with Crippen LogP contribution in [-0.2, 0) is 4.79 Å². The third kappa shape index (κ3) is 4.35. The summed E-state index contributed by atoms with van der Waals surface area (Å²) in [6, 6.07) is 11.2. The van der Waals surface area contributed by atoms with E-state index in [4.69, 9.17) is 19.6 Å². The maximum absolute atomic E-state index is 12.0. The van der Waals surface area contributed by atoms with E-state index in [0.717, 1.165) is 10.0 Å². The van der Waals surface area contributed by atoms with Crippen LogP contribution in [0.15, 0.2) is 56.1 Å². The molecule has 0 spiro atoms. The number of rotatable bonds is 5. The Hall–Kier alpha value is -3.13. The van der Waals surface area contributed by atoms with Gasteiger partial charge in [0, 0.05) is 11.5 Å². The number of hydrogen-bond acceptors (Lipinski definition) is 6. The Kier molecular flexibility index (Phi) is 5.27. The number of carbonyl (C=O) groups is 2. The van der Waals surface area contributed by atoms with Gasteiger partial charge < -0.3 is 19.6 Å². The van der Waals surface area contributed by atoms with Gasteiger partial charge in [-0.25, -0.2) is 9.59 Å². The summed E-state index contributed by atoms with van der Waals surface area (Å²) in [6.07, 6.45) is 0. The summed E-state index contributed by atoms with van der Waals surface area (Å²) in [7, 11) is 0. The average Bonchev–Trinajstić information content (AvgIpc) is 2.60. The van der Waals surface area contributed by atoms with E-state index in [2.05, 4.69) is 15.9 Å². The average molecular weight is 432 g/mol. The molecule has 0 atom stereocenters. The second-order valence-corrected chi connectivity index (χ2v) is 6.56. The fourth-order valence-electron chi connectivity index (χ4n) is 2.35. The lowest BCUT2D eigenvalue weighted by atomic mass is 10.2. The van der Waals surface area contributed by atoms with E-state index in [0.29, 0.717) is 11.1 Å². The van der Waals surface area contributed by atoms with E-state index in [1.807, 2.05) is 19.1 Å². The number of ether oxygens (including phenoxy) is 2. The first kappa shape index (κ1) is 18.7. The maximum Gasteiger partial charge on any atom is 0.349 e. The van der Waals surface area contributed by atoms with Gasteiger partial charge >= 0.3 is 11.6 Å². The Morgan fingerprint density at radius 2 is 1.93 bits per heavy atom. The van der Waals surface area contributed by atoms with E-state index < -0.39 is 17.5 Å². The molecule has 8 heteroatoms. The summed E-state index contributed by atoms with van der Waals surface area (Å²) < 4.78 is 16.4. The minimum atomic E-state index is -0.874. The molecule has 0 radical (unpaired) electrons. The molecule has 0 aliphatic carbocycles. The van der Waals surface area contributed by atoms with E-state index in [-0.39, 0.29) is 23.5 Å². The van der Waals surface area contributed by atoms with Crippen LogP contribution < -0.4 is 20.8 Å². The molecule has 2 aromatic carbocycles. The van der Waals surface area contributed by atoms with Crippen molar-refractivity contribution in [3.8, 4) is 11.5 Å². The molecule has 27 heavy (non-hydrogen) atoms. The number of hydrogen-bond donors (Lipinski definition) is 1. The fourth-order valence-corrected chi connectivity index (χ4v) is 2.96. The first-order valence-corrected chi connectivity index (χ1v) is 8.60. The standard InChI is InChI=1S/C19H14BrNO6/c1-10-2-5-15(14(20)6-10)25-9-17(22)26-12-4-3-11-7-13(18(21)23)19(24)27-16(11)8-12/h2-8H,9H2,1H3,(H2,21,23). The molecule has 0 bridgehead atoms. The van der Waals surface area contributed by atoms with E-state index in [9.17, 15) is 14.4 Å². The van der Waals surface area contributed by atoms with Crippen molar-refractivity contribution >= 4 is 38.8 Å². The number of nitrogens with two attached hydrogens (primary N) is 1. The Bertz CT molecular complexity index is 1110. The lowest BCUT2D eigenvalue weighted by molar-refractivity contribution is -0.136. The van der Waals surface area contributed by atoms with E-state index >= 15 is 0 Å². The van der Waals surface area contributed by atoms with Gasteiger partial charge in [-0.2, -0.15) is 0 Å². The molecule has 0 saturated carbocycles. The number of fused-ring (bicyclic) bond motifs is 1. The molecule has 2 N–H and O–H groups in total. The van der Waals surface area contributed by atoms with E-state index in [1.165, 1.54) is 18.2 Å². The smallest absolute Gasteiger partial charge is 0.349 e. The highest BCUT2D eigenvalue weighted by Gasteiger charge is 2.13. The Labute approximate surface area is 161 Å². The van der Waals surface area contributed by atoms with Crippen molar-refractivity contribution in [3.63, 3.8) is 0 Å². The highest BCUT2D eigenvalue weighted by atomic mass is 79.9. The normalized spacial score (nSPS) is 10.6. The SMILES string of the molecule is Cc1ccc(OCC(=O)Oc2ccc3cc(C(N)=O)c(=O)oc3c2)c(Br)c1. The van der Waals surface area contributed by atoms with Crippen LogP contribution in [0.3, 0.4) is 0 Å². The zero-order chi connectivity index (χ0) is 19.6. The molecule has 0 fully saturated rings. The number of carbonyl (C=O) groups excluding carboxylic acids is 2. The van der Waals surface area contributed by atoms with E-state index in [1.54, 1.807) is 12.1 Å². The van der Waals surface area contributed by atoms with Crippen LogP contribution >= 0.6 is 15.9 Å². The minimum Gasteiger partial charge on any atom is -0.481 e. The zero-order valence-corrected chi connectivity index (χ0v) is 15.7. The third-order valence-corrected chi connectivity index (χ3v) is 4.26. The van der Waals surface area contributed by atoms with Crippen LogP contribution in [0.25, 0.3) is 11.0 Å². The molecule has 3 rings (SSSR count). The number of amides is 1. The van der Waals surface area contributed by atoms with Crippen molar-refractivity contribution in [2.75, 3.05) is 6.61 Å². The predicted molar refractivity (Wildman–Crippen MR) is 101 cm³/mol. The number of aryl methyl sites for hydroxylation is 1. The summed E-state index contributed by atoms with van der Waals surface area (Å²) in [5, 5.41) is 0.475. The van der Waals surface area contributed by atoms with Gasteiger partial charge in [-0.1, -0.05) is 6.07 Å². The third-order valence-electron chi connectivity index (χ3n) is 3.64. The second kappa shape index (κ2) is 7.63. The van der Waals surface area contributed by atoms with Crippen LogP contribution in [-0.4, -0.2) is 18.5 Å². The topological polar surface area (TPSA) is 109 Å². The van der Waals surface area contributed by atoms with Crippen molar-refractivity contribution in [2.45, 2.75) is 6.92 Å². The molecular weight excluding hydrogens is 418 g/mol. The molecule has 7 nitrogen and oxygen atoms in total. The van der Waals surface area contributed by atoms with Crippen molar-refractivity contribution in [3.05, 3.63) is 68.5 Å². The number of halogens is 1.